The molecule has 5 aromatic rings. The van der Waals surface area contributed by atoms with Gasteiger partial charge in [-0.15, -0.1) is 0 Å². The summed E-state index contributed by atoms with van der Waals surface area (Å²) in [6.07, 6.45) is 2.30. The number of carbonyl (C=O) groups is 1. The molecule has 0 radical (unpaired) electrons. The van der Waals surface area contributed by atoms with E-state index in [0.717, 1.165) is 57.5 Å². The van der Waals surface area contributed by atoms with E-state index in [4.69, 9.17) is 20.1 Å². The molecule has 0 saturated heterocycles. The first kappa shape index (κ1) is 22.1. The Morgan fingerprint density at radius 2 is 2.08 bits per heavy atom. The van der Waals surface area contributed by atoms with Crippen molar-refractivity contribution < 1.29 is 14.1 Å². The van der Waals surface area contributed by atoms with Crippen molar-refractivity contribution in [3.05, 3.63) is 41.2 Å². The Kier molecular flexibility index (Phi) is 4.95. The summed E-state index contributed by atoms with van der Waals surface area (Å²) in [7, 11) is 1.62. The van der Waals surface area contributed by atoms with Gasteiger partial charge in [-0.3, -0.25) is 4.79 Å². The van der Waals surface area contributed by atoms with Crippen molar-refractivity contribution in [3.8, 4) is 16.9 Å². The molecule has 1 aromatic carbocycles. The molecule has 1 aliphatic carbocycles. The van der Waals surface area contributed by atoms with Crippen LogP contribution in [-0.2, 0) is 6.54 Å². The van der Waals surface area contributed by atoms with E-state index in [1.54, 1.807) is 7.11 Å². The molecule has 4 N–H and O–H groups in total. The Morgan fingerprint density at radius 3 is 2.72 bits per heavy atom. The minimum atomic E-state index is -0.713. The lowest BCUT2D eigenvalue weighted by molar-refractivity contribution is 0.0991. The largest absolute Gasteiger partial charge is 0.496 e. The van der Waals surface area contributed by atoms with E-state index < -0.39 is 5.91 Å². The first-order valence-electron chi connectivity index (χ1n) is 11.9. The van der Waals surface area contributed by atoms with E-state index in [0.29, 0.717) is 35.4 Å². The Hall–Kier alpha value is -4.41. The van der Waals surface area contributed by atoms with E-state index in [1.807, 2.05) is 43.7 Å². The average molecular weight is 487 g/mol. The fourth-order valence-electron chi connectivity index (χ4n) is 4.73. The van der Waals surface area contributed by atoms with Crippen LogP contribution in [0.3, 0.4) is 0 Å². The van der Waals surface area contributed by atoms with Crippen LogP contribution in [0.1, 0.15) is 53.5 Å². The van der Waals surface area contributed by atoms with Crippen molar-refractivity contribution in [1.29, 1.82) is 0 Å². The molecule has 0 aliphatic heterocycles. The van der Waals surface area contributed by atoms with Gasteiger partial charge in [0.25, 0.3) is 5.91 Å². The number of nitrogens with two attached hydrogens (primary N) is 1. The number of primary amides is 1. The molecular weight excluding hydrogens is 460 g/mol. The lowest BCUT2D eigenvalue weighted by atomic mass is 10.0. The van der Waals surface area contributed by atoms with E-state index in [-0.39, 0.29) is 5.82 Å². The summed E-state index contributed by atoms with van der Waals surface area (Å²) in [6.45, 7) is 6.48. The molecule has 11 nitrogen and oxygen atoms in total. The normalized spacial score (nSPS) is 13.6. The monoisotopic (exact) mass is 486 g/mol. The topological polar surface area (TPSA) is 150 Å². The van der Waals surface area contributed by atoms with Crippen molar-refractivity contribution in [1.82, 2.24) is 29.9 Å². The van der Waals surface area contributed by atoms with Crippen LogP contribution < -0.4 is 15.8 Å². The number of rotatable bonds is 7. The molecular formula is C25H26N8O3. The Morgan fingerprint density at radius 1 is 1.28 bits per heavy atom. The molecule has 1 amide bonds. The molecule has 11 heteroatoms. The SMILES string of the molecule is CCn1nc(C2CC2)cc1Nc1nc(C(N)=O)nc2[nH]c3cc(-c4c(C)noc4C)c(OC)cc3c12. The fraction of sp³-hybridized carbons (Fsp3) is 0.320. The van der Waals surface area contributed by atoms with Crippen molar-refractivity contribution in [2.45, 2.75) is 46.1 Å². The zero-order valence-electron chi connectivity index (χ0n) is 20.5. The number of ether oxygens (including phenoxy) is 1. The highest BCUT2D eigenvalue weighted by Crippen LogP contribution is 2.42. The van der Waals surface area contributed by atoms with Crippen LogP contribution in [0, 0.1) is 13.8 Å². The number of aryl methyl sites for hydroxylation is 3. The highest BCUT2D eigenvalue weighted by atomic mass is 16.5. The predicted octanol–water partition coefficient (Wildman–Crippen LogP) is 4.33. The molecule has 1 aliphatic rings. The smallest absolute Gasteiger partial charge is 0.286 e. The third-order valence-corrected chi connectivity index (χ3v) is 6.63. The van der Waals surface area contributed by atoms with Gasteiger partial charge in [-0.2, -0.15) is 5.10 Å². The molecule has 0 atom stereocenters. The van der Waals surface area contributed by atoms with Gasteiger partial charge >= 0.3 is 0 Å². The first-order chi connectivity index (χ1) is 17.4. The van der Waals surface area contributed by atoms with Crippen molar-refractivity contribution in [3.63, 3.8) is 0 Å². The number of hydrogen-bond acceptors (Lipinski definition) is 8. The number of anilines is 2. The van der Waals surface area contributed by atoms with E-state index >= 15 is 0 Å². The second-order valence-corrected chi connectivity index (χ2v) is 9.08. The predicted molar refractivity (Wildman–Crippen MR) is 135 cm³/mol. The van der Waals surface area contributed by atoms with Gasteiger partial charge in [0.05, 0.1) is 29.4 Å². The second kappa shape index (κ2) is 8.08. The van der Waals surface area contributed by atoms with Gasteiger partial charge in [-0.1, -0.05) is 5.16 Å². The number of benzene rings is 1. The highest BCUT2D eigenvalue weighted by Gasteiger charge is 2.28. The van der Waals surface area contributed by atoms with Gasteiger partial charge in [0.15, 0.2) is 0 Å². The highest BCUT2D eigenvalue weighted by molar-refractivity contribution is 6.14. The molecule has 6 rings (SSSR count). The maximum atomic E-state index is 12.1. The molecule has 4 heterocycles. The number of methoxy groups -OCH3 is 1. The summed E-state index contributed by atoms with van der Waals surface area (Å²) in [4.78, 5) is 24.3. The number of nitrogens with one attached hydrogen (secondary N) is 2. The summed E-state index contributed by atoms with van der Waals surface area (Å²) in [6, 6.07) is 5.95. The quantitative estimate of drug-likeness (QED) is 0.308. The molecule has 0 unspecified atom stereocenters. The number of fused-ring (bicyclic) bond motifs is 3. The third kappa shape index (κ3) is 3.46. The van der Waals surface area contributed by atoms with Crippen molar-refractivity contribution in [2.24, 2.45) is 5.73 Å². The van der Waals surface area contributed by atoms with Gasteiger partial charge in [-0.05, 0) is 45.7 Å². The maximum Gasteiger partial charge on any atom is 0.286 e. The van der Waals surface area contributed by atoms with Crippen LogP contribution in [0.15, 0.2) is 22.7 Å². The number of amides is 1. The van der Waals surface area contributed by atoms with Crippen molar-refractivity contribution >= 4 is 39.5 Å². The minimum absolute atomic E-state index is 0.0838. The molecule has 184 valence electrons. The molecule has 4 aromatic heterocycles. The van der Waals surface area contributed by atoms with Crippen molar-refractivity contribution in [2.75, 3.05) is 12.4 Å². The number of aromatic nitrogens is 6. The number of nitrogens with zero attached hydrogens (tertiary/aromatic N) is 5. The first-order valence-corrected chi connectivity index (χ1v) is 11.9. The summed E-state index contributed by atoms with van der Waals surface area (Å²) < 4.78 is 13.1. The summed E-state index contributed by atoms with van der Waals surface area (Å²) in [5, 5.41) is 13.8. The zero-order chi connectivity index (χ0) is 25.1. The van der Waals surface area contributed by atoms with Crippen LogP contribution in [-0.4, -0.2) is 42.9 Å². The van der Waals surface area contributed by atoms with Crippen LogP contribution in [0.5, 0.6) is 5.75 Å². The van der Waals surface area contributed by atoms with E-state index in [1.165, 1.54) is 0 Å². The standard InChI is InChI=1S/C25H26N8O3/c1-5-33-19(10-16(31-33)13-6-7-13)28-24-21-14-9-18(35-4)15(20-11(2)32-36-12(20)3)8-17(14)27-23(21)29-25(30-24)22(26)34/h8-10,13H,5-7H2,1-4H3,(H2,26,34)(H2,27,28,29,30). The van der Waals surface area contributed by atoms with Crippen LogP contribution in [0.2, 0.25) is 0 Å². The number of aromatic amines is 1. The maximum absolute atomic E-state index is 12.1. The third-order valence-electron chi connectivity index (χ3n) is 6.63. The van der Waals surface area contributed by atoms with E-state index in [9.17, 15) is 4.79 Å². The summed E-state index contributed by atoms with van der Waals surface area (Å²) >= 11 is 0. The number of hydrogen-bond donors (Lipinski definition) is 3. The lowest BCUT2D eigenvalue weighted by Gasteiger charge is -2.11. The van der Waals surface area contributed by atoms with Crippen LogP contribution in [0.4, 0.5) is 11.6 Å². The Bertz CT molecular complexity index is 1640. The molecule has 0 spiro atoms. The molecule has 0 bridgehead atoms. The van der Waals surface area contributed by atoms with Gasteiger partial charge in [0, 0.05) is 35.0 Å². The molecule has 1 saturated carbocycles. The summed E-state index contributed by atoms with van der Waals surface area (Å²) in [5.74, 6) is 2.31. The number of H-pyrrole nitrogens is 1. The van der Waals surface area contributed by atoms with Gasteiger partial charge in [0.1, 0.15) is 28.8 Å². The van der Waals surface area contributed by atoms with Gasteiger partial charge in [0.2, 0.25) is 5.82 Å². The van der Waals surface area contributed by atoms with Crippen LogP contribution >= 0.6 is 0 Å². The van der Waals surface area contributed by atoms with E-state index in [2.05, 4.69) is 25.4 Å². The minimum Gasteiger partial charge on any atom is -0.496 e. The zero-order valence-corrected chi connectivity index (χ0v) is 20.5. The summed E-state index contributed by atoms with van der Waals surface area (Å²) in [5.41, 5.74) is 10.4. The average Bonchev–Trinajstić information content (AvgIpc) is 3.41. The van der Waals surface area contributed by atoms with Gasteiger partial charge in [-0.25, -0.2) is 14.6 Å². The second-order valence-electron chi connectivity index (χ2n) is 9.08. The Balaban J connectivity index is 1.57. The fourth-order valence-corrected chi connectivity index (χ4v) is 4.73. The number of carbonyl (C=O) groups excluding carboxylic acids is 1. The van der Waals surface area contributed by atoms with Crippen LogP contribution in [0.25, 0.3) is 33.1 Å². The Labute approximate surface area is 206 Å². The van der Waals surface area contributed by atoms with Gasteiger partial charge < -0.3 is 25.3 Å². The molecule has 1 fully saturated rings. The molecule has 36 heavy (non-hydrogen) atoms. The lowest BCUT2D eigenvalue weighted by Crippen LogP contribution is -2.16.